The molecule has 1 aliphatic rings. The second kappa shape index (κ2) is 6.35. The Morgan fingerprint density at radius 1 is 1.33 bits per heavy atom. The van der Waals surface area contributed by atoms with Crippen molar-refractivity contribution in [2.75, 3.05) is 14.2 Å². The summed E-state index contributed by atoms with van der Waals surface area (Å²) in [5, 5.41) is -0.104. The number of esters is 1. The van der Waals surface area contributed by atoms with Gasteiger partial charge in [-0.1, -0.05) is 41.9 Å². The summed E-state index contributed by atoms with van der Waals surface area (Å²) in [5.41, 5.74) is -0.603. The minimum Gasteiger partial charge on any atom is -0.467 e. The third-order valence-corrected chi connectivity index (χ3v) is 5.41. The fraction of sp³-hybridized carbons (Fsp3) is 0.235. The van der Waals surface area contributed by atoms with E-state index in [1.54, 1.807) is 24.3 Å². The molecule has 1 heterocycles. The van der Waals surface area contributed by atoms with Crippen molar-refractivity contribution < 1.29 is 23.4 Å². The number of carbonyl (C=O) groups excluding carboxylic acids is 1. The second-order valence-electron chi connectivity index (χ2n) is 5.21. The van der Waals surface area contributed by atoms with Crippen LogP contribution in [0.1, 0.15) is 17.2 Å². The van der Waals surface area contributed by atoms with Gasteiger partial charge in [-0.25, -0.2) is 9.18 Å². The quantitative estimate of drug-likeness (QED) is 0.551. The van der Waals surface area contributed by atoms with E-state index in [0.717, 1.165) is 6.07 Å². The van der Waals surface area contributed by atoms with Crippen molar-refractivity contribution in [2.24, 2.45) is 0 Å². The topological polar surface area (TPSA) is 44.8 Å². The molecule has 0 aromatic heterocycles. The first-order valence-corrected chi connectivity index (χ1v) is 8.17. The van der Waals surface area contributed by atoms with Gasteiger partial charge in [0.25, 0.3) is 5.60 Å². The molecule has 7 heteroatoms. The van der Waals surface area contributed by atoms with Gasteiger partial charge in [0.05, 0.1) is 12.1 Å². The van der Waals surface area contributed by atoms with Crippen LogP contribution in [0.5, 0.6) is 5.75 Å². The number of methoxy groups -OCH3 is 2. The monoisotopic (exact) mass is 414 g/mol. The summed E-state index contributed by atoms with van der Waals surface area (Å²) in [6.07, 6.45) is -0.866. The molecule has 0 saturated heterocycles. The summed E-state index contributed by atoms with van der Waals surface area (Å²) in [6, 6.07) is 9.93. The summed E-state index contributed by atoms with van der Waals surface area (Å²) < 4.78 is 30.8. The SMILES string of the molecule is COC(=O)[C@]1(c2ccccc2)Oc2cc(F)c(Cl)c(Br)c2[C@@H]1OC. The maximum Gasteiger partial charge on any atom is 0.358 e. The van der Waals surface area contributed by atoms with Crippen LogP contribution < -0.4 is 4.74 Å². The van der Waals surface area contributed by atoms with Crippen LogP contribution in [-0.4, -0.2) is 20.2 Å². The lowest BCUT2D eigenvalue weighted by molar-refractivity contribution is -0.171. The molecule has 0 unspecified atom stereocenters. The number of hydrogen-bond donors (Lipinski definition) is 0. The lowest BCUT2D eigenvalue weighted by Crippen LogP contribution is -2.45. The molecule has 24 heavy (non-hydrogen) atoms. The lowest BCUT2D eigenvalue weighted by atomic mass is 9.86. The second-order valence-corrected chi connectivity index (χ2v) is 6.38. The van der Waals surface area contributed by atoms with Crippen molar-refractivity contribution in [2.45, 2.75) is 11.7 Å². The number of halogens is 3. The molecule has 1 aliphatic heterocycles. The smallest absolute Gasteiger partial charge is 0.358 e. The molecule has 4 nitrogen and oxygen atoms in total. The minimum atomic E-state index is -1.59. The number of carbonyl (C=O) groups is 1. The van der Waals surface area contributed by atoms with Gasteiger partial charge in [-0.2, -0.15) is 0 Å². The third-order valence-electron chi connectivity index (χ3n) is 3.99. The van der Waals surface area contributed by atoms with E-state index in [2.05, 4.69) is 15.9 Å². The Kier molecular flexibility index (Phi) is 4.55. The van der Waals surface area contributed by atoms with E-state index in [0.29, 0.717) is 11.1 Å². The van der Waals surface area contributed by atoms with Gasteiger partial charge in [0, 0.05) is 28.8 Å². The number of ether oxygens (including phenoxy) is 3. The Bertz CT molecular complexity index is 799. The van der Waals surface area contributed by atoms with Gasteiger partial charge in [-0.05, 0) is 15.9 Å². The van der Waals surface area contributed by atoms with Crippen LogP contribution in [0.4, 0.5) is 4.39 Å². The Morgan fingerprint density at radius 3 is 2.58 bits per heavy atom. The molecular weight excluding hydrogens is 403 g/mol. The number of benzene rings is 2. The summed E-state index contributed by atoms with van der Waals surface area (Å²) in [6.45, 7) is 0. The molecule has 2 atom stereocenters. The highest BCUT2D eigenvalue weighted by Crippen LogP contribution is 2.55. The number of hydrogen-bond acceptors (Lipinski definition) is 4. The third kappa shape index (κ3) is 2.32. The molecule has 0 bridgehead atoms. The van der Waals surface area contributed by atoms with Gasteiger partial charge in [0.1, 0.15) is 17.7 Å². The van der Waals surface area contributed by atoms with E-state index in [-0.39, 0.29) is 15.2 Å². The number of fused-ring (bicyclic) bond motifs is 1. The summed E-state index contributed by atoms with van der Waals surface area (Å²) in [5.74, 6) is -1.14. The zero-order chi connectivity index (χ0) is 17.5. The van der Waals surface area contributed by atoms with Gasteiger partial charge in [0.2, 0.25) is 0 Å². The van der Waals surface area contributed by atoms with Crippen molar-refractivity contribution in [1.82, 2.24) is 0 Å². The zero-order valence-electron chi connectivity index (χ0n) is 12.8. The Balaban J connectivity index is 2.29. The van der Waals surface area contributed by atoms with E-state index < -0.39 is 23.5 Å². The molecule has 0 amide bonds. The maximum absolute atomic E-state index is 14.0. The van der Waals surface area contributed by atoms with Gasteiger partial charge in [-0.3, -0.25) is 0 Å². The predicted molar refractivity (Wildman–Crippen MR) is 89.6 cm³/mol. The molecule has 0 saturated carbocycles. The van der Waals surface area contributed by atoms with Gasteiger partial charge < -0.3 is 14.2 Å². The van der Waals surface area contributed by atoms with E-state index >= 15 is 0 Å². The van der Waals surface area contributed by atoms with Gasteiger partial charge in [-0.15, -0.1) is 0 Å². The Hall–Kier alpha value is -1.63. The highest BCUT2D eigenvalue weighted by atomic mass is 79.9. The predicted octanol–water partition coefficient (Wildman–Crippen LogP) is 4.39. The lowest BCUT2D eigenvalue weighted by Gasteiger charge is -2.31. The summed E-state index contributed by atoms with van der Waals surface area (Å²) in [4.78, 5) is 12.7. The first-order valence-electron chi connectivity index (χ1n) is 7.00. The maximum atomic E-state index is 14.0. The molecule has 3 rings (SSSR count). The van der Waals surface area contributed by atoms with Crippen LogP contribution in [0.15, 0.2) is 40.9 Å². The minimum absolute atomic E-state index is 0.104. The Labute approximate surface area is 151 Å². The van der Waals surface area contributed by atoms with E-state index in [1.165, 1.54) is 14.2 Å². The van der Waals surface area contributed by atoms with Crippen molar-refractivity contribution in [3.63, 3.8) is 0 Å². The van der Waals surface area contributed by atoms with E-state index in [1.807, 2.05) is 6.07 Å². The standard InChI is InChI=1S/C17H13BrClFO4/c1-22-15-12-11(8-10(20)14(19)13(12)18)24-17(15,16(21)23-2)9-6-4-3-5-7-9/h3-8,15H,1-2H3/t15-,17+/m0/s1. The highest BCUT2D eigenvalue weighted by molar-refractivity contribution is 9.10. The van der Waals surface area contributed by atoms with Crippen LogP contribution in [-0.2, 0) is 19.9 Å². The average Bonchev–Trinajstić information content (AvgIpc) is 2.94. The molecule has 0 spiro atoms. The van der Waals surface area contributed by atoms with Crippen molar-refractivity contribution >= 4 is 33.5 Å². The Morgan fingerprint density at radius 2 is 2.00 bits per heavy atom. The molecule has 0 N–H and O–H groups in total. The molecule has 0 aliphatic carbocycles. The van der Waals surface area contributed by atoms with Gasteiger partial charge >= 0.3 is 5.97 Å². The van der Waals surface area contributed by atoms with Crippen LogP contribution in [0, 0.1) is 5.82 Å². The molecule has 126 valence electrons. The molecule has 0 fully saturated rings. The van der Waals surface area contributed by atoms with Crippen LogP contribution in [0.3, 0.4) is 0 Å². The van der Waals surface area contributed by atoms with Gasteiger partial charge in [0.15, 0.2) is 0 Å². The first-order chi connectivity index (χ1) is 11.5. The molecular formula is C17H13BrClFO4. The van der Waals surface area contributed by atoms with Crippen molar-refractivity contribution in [3.05, 3.63) is 62.8 Å². The van der Waals surface area contributed by atoms with Crippen LogP contribution >= 0.6 is 27.5 Å². The fourth-order valence-corrected chi connectivity index (χ4v) is 3.69. The first kappa shape index (κ1) is 17.2. The average molecular weight is 416 g/mol. The molecule has 2 aromatic carbocycles. The summed E-state index contributed by atoms with van der Waals surface area (Å²) in [7, 11) is 2.70. The summed E-state index contributed by atoms with van der Waals surface area (Å²) >= 11 is 9.26. The van der Waals surface area contributed by atoms with Crippen LogP contribution in [0.2, 0.25) is 5.02 Å². The largest absolute Gasteiger partial charge is 0.467 e. The highest BCUT2D eigenvalue weighted by Gasteiger charge is 2.58. The van der Waals surface area contributed by atoms with Crippen molar-refractivity contribution in [3.8, 4) is 5.75 Å². The van der Waals surface area contributed by atoms with E-state index in [9.17, 15) is 9.18 Å². The van der Waals surface area contributed by atoms with E-state index in [4.69, 9.17) is 25.8 Å². The zero-order valence-corrected chi connectivity index (χ0v) is 15.2. The molecule has 0 radical (unpaired) electrons. The normalized spacial score (nSPS) is 22.0. The van der Waals surface area contributed by atoms with Crippen LogP contribution in [0.25, 0.3) is 0 Å². The fourth-order valence-electron chi connectivity index (χ4n) is 2.94. The molecule has 2 aromatic rings. The number of rotatable bonds is 3. The van der Waals surface area contributed by atoms with Crippen molar-refractivity contribution in [1.29, 1.82) is 0 Å².